The number of urea groups is 1. The summed E-state index contributed by atoms with van der Waals surface area (Å²) in [5, 5.41) is 4.26. The van der Waals surface area contributed by atoms with Crippen LogP contribution >= 0.6 is 33.2 Å². The molecule has 2 heterocycles. The molecule has 0 bridgehead atoms. The Bertz CT molecular complexity index is 671. The fourth-order valence-electron chi connectivity index (χ4n) is 3.51. The van der Waals surface area contributed by atoms with Crippen LogP contribution < -0.4 is 5.32 Å². The molecule has 2 saturated heterocycles. The normalized spacial score (nSPS) is 20.1. The van der Waals surface area contributed by atoms with E-state index in [-0.39, 0.29) is 11.9 Å². The molecule has 154 valence electrons. The quantitative estimate of drug-likeness (QED) is 0.491. The fraction of sp³-hybridized carbons (Fsp3) is 0.600. The number of carbonyl (C=O) groups excluding carboxylic acids is 2. The maximum absolute atomic E-state index is 12.5. The molecule has 8 heteroatoms. The van der Waals surface area contributed by atoms with Gasteiger partial charge in [-0.1, -0.05) is 45.7 Å². The molecule has 2 aliphatic rings. The molecule has 5 nitrogen and oxygen atoms in total. The van der Waals surface area contributed by atoms with Gasteiger partial charge in [-0.3, -0.25) is 4.79 Å². The first-order valence-corrected chi connectivity index (χ1v) is 12.8. The molecule has 2 fully saturated rings. The van der Waals surface area contributed by atoms with Crippen LogP contribution in [0.4, 0.5) is 10.5 Å². The molecule has 0 radical (unpaired) electrons. The first-order valence-electron chi connectivity index (χ1n) is 9.99. The van der Waals surface area contributed by atoms with E-state index in [1.807, 2.05) is 38.6 Å². The second-order valence-electron chi connectivity index (χ2n) is 7.24. The number of unbranched alkanes of at least 4 members (excludes halogenated alkanes) is 1. The smallest absolute Gasteiger partial charge is 0.321 e. The Morgan fingerprint density at radius 1 is 1.14 bits per heavy atom. The summed E-state index contributed by atoms with van der Waals surface area (Å²) < 4.78 is 0. The lowest BCUT2D eigenvalue weighted by Gasteiger charge is -2.22. The molecule has 2 aliphatic heterocycles. The minimum Gasteiger partial charge on any atom is -0.341 e. The van der Waals surface area contributed by atoms with Crippen LogP contribution in [0.15, 0.2) is 24.3 Å². The van der Waals surface area contributed by atoms with E-state index in [1.54, 1.807) is 17.0 Å². The van der Waals surface area contributed by atoms with Crippen LogP contribution in [0.5, 0.6) is 0 Å². The van der Waals surface area contributed by atoms with E-state index in [9.17, 15) is 9.59 Å². The van der Waals surface area contributed by atoms with Crippen LogP contribution in [-0.2, 0) is 4.79 Å². The molecule has 0 aliphatic carbocycles. The van der Waals surface area contributed by atoms with Crippen LogP contribution in [0.2, 0.25) is 5.02 Å². The molecule has 28 heavy (non-hydrogen) atoms. The van der Waals surface area contributed by atoms with Gasteiger partial charge in [0.15, 0.2) is 0 Å². The van der Waals surface area contributed by atoms with Crippen LogP contribution in [0, 0.1) is 0 Å². The Morgan fingerprint density at radius 3 is 2.75 bits per heavy atom. The first kappa shape index (κ1) is 21.7. The van der Waals surface area contributed by atoms with Crippen molar-refractivity contribution in [3.05, 3.63) is 29.3 Å². The molecule has 1 N–H and O–H groups in total. The Morgan fingerprint density at radius 2 is 1.96 bits per heavy atom. The lowest BCUT2D eigenvalue weighted by Crippen LogP contribution is -2.39. The van der Waals surface area contributed by atoms with Crippen molar-refractivity contribution >= 4 is 50.8 Å². The van der Waals surface area contributed by atoms with Gasteiger partial charge in [0, 0.05) is 54.3 Å². The van der Waals surface area contributed by atoms with Crippen molar-refractivity contribution < 1.29 is 9.59 Å². The lowest BCUT2D eigenvalue weighted by atomic mass is 10.1. The lowest BCUT2D eigenvalue weighted by molar-refractivity contribution is -0.131. The van der Waals surface area contributed by atoms with Gasteiger partial charge < -0.3 is 15.1 Å². The van der Waals surface area contributed by atoms with E-state index in [4.69, 9.17) is 11.6 Å². The van der Waals surface area contributed by atoms with Gasteiger partial charge in [0.05, 0.1) is 0 Å². The summed E-state index contributed by atoms with van der Waals surface area (Å²) in [6, 6.07) is 7.00. The zero-order chi connectivity index (χ0) is 19.8. The maximum atomic E-state index is 12.5. The highest BCUT2D eigenvalue weighted by atomic mass is 35.5. The highest BCUT2D eigenvalue weighted by molar-refractivity contribution is 8.77. The van der Waals surface area contributed by atoms with Crippen molar-refractivity contribution in [1.29, 1.82) is 0 Å². The van der Waals surface area contributed by atoms with Gasteiger partial charge in [0.25, 0.3) is 0 Å². The van der Waals surface area contributed by atoms with Gasteiger partial charge in [-0.2, -0.15) is 0 Å². The average molecular weight is 442 g/mol. The van der Waals surface area contributed by atoms with E-state index in [0.29, 0.717) is 36.8 Å². The van der Waals surface area contributed by atoms with E-state index in [0.717, 1.165) is 31.1 Å². The van der Waals surface area contributed by atoms with Crippen LogP contribution in [0.3, 0.4) is 0 Å². The van der Waals surface area contributed by atoms with E-state index >= 15 is 0 Å². The predicted molar refractivity (Wildman–Crippen MR) is 120 cm³/mol. The molecule has 0 saturated carbocycles. The predicted octanol–water partition coefficient (Wildman–Crippen LogP) is 5.12. The number of halogens is 1. The summed E-state index contributed by atoms with van der Waals surface area (Å²) in [5.41, 5.74) is 0.688. The molecule has 0 spiro atoms. The number of rotatable bonds is 6. The summed E-state index contributed by atoms with van der Waals surface area (Å²) in [6.07, 6.45) is 6.07. The van der Waals surface area contributed by atoms with Gasteiger partial charge in [0.2, 0.25) is 5.91 Å². The molecule has 0 aromatic heterocycles. The Hall–Kier alpha value is -1.05. The van der Waals surface area contributed by atoms with Crippen molar-refractivity contribution in [2.75, 3.05) is 37.2 Å². The van der Waals surface area contributed by atoms with Crippen molar-refractivity contribution in [1.82, 2.24) is 9.80 Å². The fourth-order valence-corrected chi connectivity index (χ4v) is 6.73. The third-order valence-electron chi connectivity index (χ3n) is 5.11. The van der Waals surface area contributed by atoms with Crippen LogP contribution in [-0.4, -0.2) is 58.9 Å². The largest absolute Gasteiger partial charge is 0.341 e. The molecule has 1 atom stereocenters. The number of amides is 3. The minimum atomic E-state index is -0.136. The number of hydrogen-bond donors (Lipinski definition) is 1. The monoisotopic (exact) mass is 441 g/mol. The van der Waals surface area contributed by atoms with Crippen molar-refractivity contribution in [2.24, 2.45) is 0 Å². The van der Waals surface area contributed by atoms with Gasteiger partial charge in [-0.05, 0) is 43.9 Å². The minimum absolute atomic E-state index is 0.136. The third kappa shape index (κ3) is 6.78. The summed E-state index contributed by atoms with van der Waals surface area (Å²) in [5.74, 6) is 1.49. The second kappa shape index (κ2) is 11.2. The number of hydrogen-bond acceptors (Lipinski definition) is 4. The Labute approximate surface area is 180 Å². The van der Waals surface area contributed by atoms with E-state index in [1.165, 1.54) is 18.6 Å². The first-order chi connectivity index (χ1) is 13.6. The topological polar surface area (TPSA) is 52.7 Å². The van der Waals surface area contributed by atoms with Gasteiger partial charge in [-0.15, -0.1) is 0 Å². The highest BCUT2D eigenvalue weighted by Gasteiger charge is 2.22. The van der Waals surface area contributed by atoms with Crippen molar-refractivity contribution in [3.8, 4) is 0 Å². The van der Waals surface area contributed by atoms with Gasteiger partial charge in [0.1, 0.15) is 0 Å². The van der Waals surface area contributed by atoms with Crippen molar-refractivity contribution in [2.45, 2.75) is 43.8 Å². The maximum Gasteiger partial charge on any atom is 0.321 e. The number of anilines is 1. The average Bonchev–Trinajstić information content (AvgIpc) is 3.07. The highest BCUT2D eigenvalue weighted by Crippen LogP contribution is 2.39. The number of nitrogens with zero attached hydrogens (tertiary/aromatic N) is 2. The van der Waals surface area contributed by atoms with Crippen LogP contribution in [0.25, 0.3) is 0 Å². The zero-order valence-corrected chi connectivity index (χ0v) is 18.5. The SMILES string of the molecule is O=C(CCCCC1CCSS1)N1CCCN(C(=O)Nc2cccc(Cl)c2)CC1. The molecule has 3 rings (SSSR count). The molecular formula is C20H28ClN3O2S2. The Kier molecular flexibility index (Phi) is 8.67. The second-order valence-corrected chi connectivity index (χ2v) is 10.5. The standard InChI is InChI=1S/C20H28ClN3O2S2/c21-16-5-3-6-17(15-16)22-20(26)24-11-4-10-23(12-13-24)19(25)8-2-1-7-18-9-14-27-28-18/h3,5-6,15,18H,1-2,4,7-14H2,(H,22,26). The third-order valence-corrected chi connectivity index (χ3v) is 8.35. The summed E-state index contributed by atoms with van der Waals surface area (Å²) in [4.78, 5) is 28.7. The zero-order valence-electron chi connectivity index (χ0n) is 16.1. The van der Waals surface area contributed by atoms with Crippen LogP contribution in [0.1, 0.15) is 38.5 Å². The summed E-state index contributed by atoms with van der Waals surface area (Å²) in [7, 11) is 3.98. The molecule has 3 amide bonds. The molecule has 1 unspecified atom stereocenters. The molecule has 1 aromatic rings. The number of nitrogens with one attached hydrogen (secondary N) is 1. The summed E-state index contributed by atoms with van der Waals surface area (Å²) >= 11 is 5.97. The molecule has 1 aromatic carbocycles. The van der Waals surface area contributed by atoms with Gasteiger partial charge >= 0.3 is 6.03 Å². The molecular weight excluding hydrogens is 414 g/mol. The number of carbonyl (C=O) groups is 2. The Balaban J connectivity index is 1.38. The van der Waals surface area contributed by atoms with Gasteiger partial charge in [-0.25, -0.2) is 4.79 Å². The van der Waals surface area contributed by atoms with E-state index < -0.39 is 0 Å². The van der Waals surface area contributed by atoms with Crippen molar-refractivity contribution in [3.63, 3.8) is 0 Å². The number of benzene rings is 1. The summed E-state index contributed by atoms with van der Waals surface area (Å²) in [6.45, 7) is 2.56. The van der Waals surface area contributed by atoms with E-state index in [2.05, 4.69) is 5.32 Å².